The van der Waals surface area contributed by atoms with Crippen molar-refractivity contribution >= 4 is 93.7 Å². The van der Waals surface area contributed by atoms with Crippen LogP contribution in [0.5, 0.6) is 0 Å². The Morgan fingerprint density at radius 1 is 0.429 bits per heavy atom. The number of rotatable bonds is 0. The Bertz CT molecular complexity index is 215. The Morgan fingerprint density at radius 2 is 0.571 bits per heavy atom. The van der Waals surface area contributed by atoms with E-state index in [0.717, 1.165) is 0 Å². The predicted octanol–water partition coefficient (Wildman–Crippen LogP) is 4.70. The van der Waals surface area contributed by atoms with Gasteiger partial charge < -0.3 is 0 Å². The Morgan fingerprint density at radius 3 is 0.714 bits per heavy atom. The summed E-state index contributed by atoms with van der Waals surface area (Å²) in [6.45, 7) is 0. The van der Waals surface area contributed by atoms with E-state index in [-0.39, 0.29) is 0 Å². The molecule has 0 atom stereocenters. The summed E-state index contributed by atoms with van der Waals surface area (Å²) in [7, 11) is 0. The Hall–Kier alpha value is 5.29. The molecule has 14 heavy (non-hydrogen) atoms. The summed E-state index contributed by atoms with van der Waals surface area (Å²) in [5.74, 6) is 0. The van der Waals surface area contributed by atoms with Crippen molar-refractivity contribution in [3.8, 4) is 0 Å². The topological polar surface area (TPSA) is 0 Å². The number of hydrogen-bond acceptors (Lipinski definition) is 6. The zero-order valence-corrected chi connectivity index (χ0v) is 24.8. The molecule has 80 valence electrons. The molecule has 4 saturated heterocycles. The molecule has 0 N–H and O–H groups in total. The normalized spacial score (nSPS) is 66.0. The second-order valence-electron chi connectivity index (χ2n) is 4.06. The summed E-state index contributed by atoms with van der Waals surface area (Å²) >= 11 is -6.48. The van der Waals surface area contributed by atoms with Gasteiger partial charge in [0.1, 0.15) is 0 Å². The third-order valence-corrected chi connectivity index (χ3v) is 570. The molecule has 0 aliphatic carbocycles. The second-order valence-corrected chi connectivity index (χ2v) is 192. The fourth-order valence-corrected chi connectivity index (χ4v) is 1660. The van der Waals surface area contributed by atoms with Gasteiger partial charge in [-0.3, -0.25) is 0 Å². The van der Waals surface area contributed by atoms with Gasteiger partial charge in [0.2, 0.25) is 0 Å². The molecule has 0 nitrogen and oxygen atoms in total. The van der Waals surface area contributed by atoms with Gasteiger partial charge in [-0.1, -0.05) is 0 Å². The van der Waals surface area contributed by atoms with Crippen LogP contribution in [0.3, 0.4) is 0 Å². The van der Waals surface area contributed by atoms with Gasteiger partial charge in [-0.25, -0.2) is 0 Å². The van der Waals surface area contributed by atoms with Crippen LogP contribution in [-0.2, 0) is 0 Å². The third-order valence-electron chi connectivity index (χ3n) is 2.22. The maximum atomic E-state index is 2.77. The summed E-state index contributed by atoms with van der Waals surface area (Å²) in [5.41, 5.74) is 0. The summed E-state index contributed by atoms with van der Waals surface area (Å²) in [5, 5.41) is 0. The van der Waals surface area contributed by atoms with Crippen LogP contribution in [0.2, 0.25) is 19.8 Å². The van der Waals surface area contributed by atoms with E-state index in [1.165, 1.54) is 0 Å². The van der Waals surface area contributed by atoms with Gasteiger partial charge in [0.25, 0.3) is 0 Å². The van der Waals surface area contributed by atoms with Gasteiger partial charge in [0.05, 0.1) is 0 Å². The first-order valence-electron chi connectivity index (χ1n) is 4.45. The van der Waals surface area contributed by atoms with E-state index < -0.39 is 56.9 Å². The molecule has 4 fully saturated rings. The minimum absolute atomic E-state index is 1.62. The fraction of sp³-hybridized carbons (Fsp3) is 1.00. The zero-order valence-electron chi connectivity index (χ0n) is 8.45. The van der Waals surface area contributed by atoms with E-state index in [0.29, 0.717) is 0 Å². The van der Waals surface area contributed by atoms with E-state index in [1.54, 1.807) is 0 Å². The summed E-state index contributed by atoms with van der Waals surface area (Å²) in [6, 6.07) is 0. The SMILES string of the molecule is [CH3][Sn]12[S][Sn]3([CH3])[S][Sn]([CH3])([S]1)[S][Sn]([CH3])([S]2)[S]3. The van der Waals surface area contributed by atoms with E-state index in [1.807, 2.05) is 0 Å². The fourth-order valence-electron chi connectivity index (χ4n) is 2.27. The van der Waals surface area contributed by atoms with Gasteiger partial charge in [-0.2, -0.15) is 0 Å². The molecule has 0 aromatic rings. The zero-order chi connectivity index (χ0) is 10.2. The molecule has 0 amide bonds. The quantitative estimate of drug-likeness (QED) is 0.330. The molecular formula is C4H12S6Sn4. The van der Waals surface area contributed by atoms with Crippen molar-refractivity contribution in [2.45, 2.75) is 19.8 Å². The van der Waals surface area contributed by atoms with Crippen LogP contribution in [0.15, 0.2) is 0 Å². The Balaban J connectivity index is 2.08. The van der Waals surface area contributed by atoms with Crippen molar-refractivity contribution in [3.05, 3.63) is 0 Å². The van der Waals surface area contributed by atoms with Crippen molar-refractivity contribution in [2.24, 2.45) is 0 Å². The minimum atomic E-state index is -1.62. The van der Waals surface area contributed by atoms with Gasteiger partial charge in [-0.15, -0.1) is 0 Å². The van der Waals surface area contributed by atoms with Crippen LogP contribution < -0.4 is 0 Å². The van der Waals surface area contributed by atoms with Crippen LogP contribution in [0, 0.1) is 0 Å². The molecule has 0 aromatic carbocycles. The summed E-state index contributed by atoms with van der Waals surface area (Å²) in [4.78, 5) is 11.1. The van der Waals surface area contributed by atoms with Crippen LogP contribution in [0.25, 0.3) is 0 Å². The van der Waals surface area contributed by atoms with Crippen LogP contribution in [0.4, 0.5) is 0 Å². The summed E-state index contributed by atoms with van der Waals surface area (Å²) in [6.07, 6.45) is 16.0. The van der Waals surface area contributed by atoms with Gasteiger partial charge in [0, 0.05) is 0 Å². The third kappa shape index (κ3) is 2.69. The first-order valence-corrected chi connectivity index (χ1v) is 62.7. The first-order chi connectivity index (χ1) is 6.24. The first kappa shape index (κ1) is 14.2. The molecule has 4 rings (SSSR count). The second kappa shape index (κ2) is 4.39. The summed E-state index contributed by atoms with van der Waals surface area (Å²) < 4.78 is 0. The average Bonchev–Trinajstić information content (AvgIpc) is 1.67. The van der Waals surface area contributed by atoms with Crippen molar-refractivity contribution in [1.82, 2.24) is 0 Å². The van der Waals surface area contributed by atoms with Crippen molar-refractivity contribution < 1.29 is 0 Å². The van der Waals surface area contributed by atoms with E-state index in [4.69, 9.17) is 0 Å². The van der Waals surface area contributed by atoms with Crippen molar-refractivity contribution in [1.29, 1.82) is 0 Å². The standard InChI is InChI=1S/4CH3.6S.4Sn/h4*1H3;;;;;;;;;;. The Kier molecular flexibility index (Phi) is 4.47. The van der Waals surface area contributed by atoms with Gasteiger partial charge in [0.15, 0.2) is 0 Å². The monoisotopic (exact) mass is 732 g/mol. The molecule has 4 aliphatic rings. The molecule has 0 saturated carbocycles. The van der Waals surface area contributed by atoms with E-state index in [9.17, 15) is 0 Å². The molecule has 10 heteroatoms. The van der Waals surface area contributed by atoms with E-state index in [2.05, 4.69) is 56.5 Å². The van der Waals surface area contributed by atoms with Crippen LogP contribution in [-0.4, -0.2) is 56.9 Å². The molecule has 4 heterocycles. The van der Waals surface area contributed by atoms with Crippen LogP contribution in [0.1, 0.15) is 0 Å². The molecule has 0 radical (unpaired) electrons. The van der Waals surface area contributed by atoms with Gasteiger partial charge >= 0.3 is 113 Å². The van der Waals surface area contributed by atoms with Gasteiger partial charge in [-0.05, 0) is 0 Å². The molecule has 0 spiro atoms. The molecule has 0 aromatic heterocycles. The molecule has 0 unspecified atom stereocenters. The Labute approximate surface area is 109 Å². The molecular weight excluding hydrogens is 715 g/mol. The van der Waals surface area contributed by atoms with E-state index >= 15 is 0 Å². The molecule has 4 bridgehead atoms. The van der Waals surface area contributed by atoms with Crippen molar-refractivity contribution in [2.75, 3.05) is 0 Å². The maximum absolute atomic E-state index is 2.77. The average molecular weight is 727 g/mol. The predicted molar refractivity (Wildman–Crippen MR) is 92.0 cm³/mol. The van der Waals surface area contributed by atoms with Crippen LogP contribution >= 0.6 is 36.8 Å². The molecule has 4 aliphatic heterocycles. The number of hydrogen-bond donors (Lipinski definition) is 0. The van der Waals surface area contributed by atoms with Crippen molar-refractivity contribution in [3.63, 3.8) is 0 Å².